The quantitative estimate of drug-likeness (QED) is 0.161. The van der Waals surface area contributed by atoms with E-state index in [0.717, 1.165) is 54.8 Å². The number of hydrogen-bond donors (Lipinski definition) is 0. The number of para-hydroxylation sites is 1. The highest BCUT2D eigenvalue weighted by Gasteiger charge is 2.20. The minimum atomic E-state index is 0.715. The Balaban J connectivity index is 0.997. The second-order valence-corrected chi connectivity index (χ2v) is 16.8. The largest absolute Gasteiger partial charge is 0.309 e. The van der Waals surface area contributed by atoms with E-state index in [2.05, 4.69) is 229 Å². The fourth-order valence-electron chi connectivity index (χ4n) is 9.07. The van der Waals surface area contributed by atoms with Gasteiger partial charge in [0.2, 0.25) is 0 Å². The van der Waals surface area contributed by atoms with Gasteiger partial charge in [0, 0.05) is 37.7 Å². The van der Waals surface area contributed by atoms with Crippen molar-refractivity contribution in [1.29, 1.82) is 0 Å². The van der Waals surface area contributed by atoms with Crippen LogP contribution in [0.15, 0.2) is 224 Å². The molecule has 12 rings (SSSR count). The van der Waals surface area contributed by atoms with Crippen LogP contribution in [0, 0.1) is 0 Å². The van der Waals surface area contributed by atoms with Crippen molar-refractivity contribution in [3.05, 3.63) is 224 Å². The lowest BCUT2D eigenvalue weighted by Gasteiger charge is -2.11. The lowest BCUT2D eigenvalue weighted by molar-refractivity contribution is 1.18. The predicted molar refractivity (Wildman–Crippen MR) is 262 cm³/mol. The van der Waals surface area contributed by atoms with Gasteiger partial charge in [0.05, 0.1) is 26.9 Å². The Kier molecular flexibility index (Phi) is 8.68. The van der Waals surface area contributed by atoms with Crippen LogP contribution in [0.25, 0.3) is 115 Å². The Hall–Kier alpha value is -7.92. The molecule has 290 valence electrons. The summed E-state index contributed by atoms with van der Waals surface area (Å²) in [6.07, 6.45) is 0. The molecule has 0 saturated carbocycles. The van der Waals surface area contributed by atoms with Gasteiger partial charge in [-0.1, -0.05) is 170 Å². The number of aromatic nitrogens is 3. The summed E-state index contributed by atoms with van der Waals surface area (Å²) in [6.45, 7) is 0. The van der Waals surface area contributed by atoms with Crippen LogP contribution in [0.3, 0.4) is 0 Å². The molecule has 0 aliphatic heterocycles. The third kappa shape index (κ3) is 6.20. The Morgan fingerprint density at radius 2 is 0.903 bits per heavy atom. The van der Waals surface area contributed by atoms with Crippen molar-refractivity contribution >= 4 is 53.4 Å². The molecule has 0 saturated heterocycles. The van der Waals surface area contributed by atoms with Crippen molar-refractivity contribution in [1.82, 2.24) is 14.5 Å². The van der Waals surface area contributed by atoms with E-state index in [9.17, 15) is 0 Å². The van der Waals surface area contributed by atoms with E-state index in [1.807, 2.05) is 0 Å². The molecule has 0 radical (unpaired) electrons. The smallest absolute Gasteiger partial charge is 0.160 e. The van der Waals surface area contributed by atoms with E-state index < -0.39 is 0 Å². The van der Waals surface area contributed by atoms with Crippen molar-refractivity contribution < 1.29 is 0 Å². The minimum Gasteiger partial charge on any atom is -0.309 e. The highest BCUT2D eigenvalue weighted by molar-refractivity contribution is 7.26. The van der Waals surface area contributed by atoms with Crippen LogP contribution >= 0.6 is 11.3 Å². The summed E-state index contributed by atoms with van der Waals surface area (Å²) in [5.41, 5.74) is 16.9. The van der Waals surface area contributed by atoms with Crippen molar-refractivity contribution in [2.24, 2.45) is 0 Å². The zero-order valence-electron chi connectivity index (χ0n) is 33.6. The molecule has 0 aliphatic carbocycles. The van der Waals surface area contributed by atoms with Gasteiger partial charge >= 0.3 is 0 Å². The molecule has 3 nitrogen and oxygen atoms in total. The molecule has 9 aromatic carbocycles. The van der Waals surface area contributed by atoms with Crippen molar-refractivity contribution in [2.45, 2.75) is 0 Å². The van der Waals surface area contributed by atoms with Crippen LogP contribution in [0.1, 0.15) is 0 Å². The normalized spacial score (nSPS) is 11.5. The van der Waals surface area contributed by atoms with Gasteiger partial charge in [-0.2, -0.15) is 0 Å². The van der Waals surface area contributed by atoms with Crippen molar-refractivity contribution in [2.75, 3.05) is 0 Å². The van der Waals surface area contributed by atoms with Gasteiger partial charge in [-0.25, -0.2) is 9.97 Å². The molecule has 0 atom stereocenters. The molecule has 0 unspecified atom stereocenters. The molecule has 0 spiro atoms. The first kappa shape index (κ1) is 36.0. The average molecular weight is 808 g/mol. The number of hydrogen-bond acceptors (Lipinski definition) is 3. The molecule has 3 aromatic heterocycles. The third-order valence-electron chi connectivity index (χ3n) is 12.0. The summed E-state index contributed by atoms with van der Waals surface area (Å²) < 4.78 is 4.71. The average Bonchev–Trinajstić information content (AvgIpc) is 3.90. The number of benzene rings is 9. The molecule has 3 heterocycles. The fourth-order valence-corrected chi connectivity index (χ4v) is 10.2. The summed E-state index contributed by atoms with van der Waals surface area (Å²) in [4.78, 5) is 10.7. The van der Waals surface area contributed by atoms with Crippen molar-refractivity contribution in [3.8, 4) is 72.8 Å². The topological polar surface area (TPSA) is 30.7 Å². The molecule has 0 aliphatic rings. The van der Waals surface area contributed by atoms with E-state index in [1.165, 1.54) is 54.3 Å². The van der Waals surface area contributed by atoms with Crippen molar-refractivity contribution in [3.63, 3.8) is 0 Å². The fraction of sp³-hybridized carbons (Fsp3) is 0. The summed E-state index contributed by atoms with van der Waals surface area (Å²) in [5, 5.41) is 3.62. The molecule has 0 fully saturated rings. The zero-order valence-corrected chi connectivity index (χ0v) is 34.4. The Labute approximate surface area is 363 Å². The monoisotopic (exact) mass is 807 g/mol. The molecule has 0 bridgehead atoms. The highest BCUT2D eigenvalue weighted by Crippen LogP contribution is 2.43. The van der Waals surface area contributed by atoms with Gasteiger partial charge in [0.15, 0.2) is 5.82 Å². The van der Waals surface area contributed by atoms with Crippen LogP contribution in [0.2, 0.25) is 0 Å². The Morgan fingerprint density at radius 3 is 1.65 bits per heavy atom. The molecular formula is C58H37N3S. The lowest BCUT2D eigenvalue weighted by atomic mass is 9.94. The minimum absolute atomic E-state index is 0.715. The van der Waals surface area contributed by atoms with Gasteiger partial charge in [-0.05, 0) is 99.1 Å². The Bertz CT molecular complexity index is 3620. The first-order valence-corrected chi connectivity index (χ1v) is 21.8. The van der Waals surface area contributed by atoms with Crippen LogP contribution < -0.4 is 0 Å². The van der Waals surface area contributed by atoms with Crippen LogP contribution in [-0.4, -0.2) is 14.5 Å². The number of thiophene rings is 1. The summed E-state index contributed by atoms with van der Waals surface area (Å²) in [5.74, 6) is 0.715. The van der Waals surface area contributed by atoms with Crippen LogP contribution in [-0.2, 0) is 0 Å². The van der Waals surface area contributed by atoms with Crippen LogP contribution in [0.5, 0.6) is 0 Å². The summed E-state index contributed by atoms with van der Waals surface area (Å²) in [6, 6.07) is 80.5. The number of nitrogens with zero attached hydrogens (tertiary/aromatic N) is 3. The highest BCUT2D eigenvalue weighted by atomic mass is 32.1. The molecule has 0 N–H and O–H groups in total. The molecule has 0 amide bonds. The van der Waals surface area contributed by atoms with Gasteiger partial charge < -0.3 is 4.57 Å². The SMILES string of the molecule is c1ccc(-c2cccc(-c3nc(-c4cccc(-c5cccc(-c6cccc7c6c6cc(-c8ccccc8)ccc6n7-c6ccccc6)c5)c4)nc4c3sc3ccccc34)c2)cc1. The maximum atomic E-state index is 5.39. The van der Waals surface area contributed by atoms with Gasteiger partial charge in [0.1, 0.15) is 0 Å². The zero-order chi connectivity index (χ0) is 41.0. The first-order chi connectivity index (χ1) is 30.7. The van der Waals surface area contributed by atoms with Crippen LogP contribution in [0.4, 0.5) is 0 Å². The Morgan fingerprint density at radius 1 is 0.355 bits per heavy atom. The number of rotatable bonds is 7. The molecule has 12 aromatic rings. The van der Waals surface area contributed by atoms with Gasteiger partial charge in [0.25, 0.3) is 0 Å². The molecule has 62 heavy (non-hydrogen) atoms. The van der Waals surface area contributed by atoms with Gasteiger partial charge in [-0.3, -0.25) is 0 Å². The first-order valence-electron chi connectivity index (χ1n) is 21.0. The van der Waals surface area contributed by atoms with E-state index in [1.54, 1.807) is 11.3 Å². The standard InChI is InChI=1S/C58H37N3S/c1-4-16-38(17-5-1)40-20-13-24-45(35-40)55-57-56(49-28-10-11-31-53(49)62-57)60-58(59-55)46-25-14-22-42(36-46)41-21-12-23-44(34-41)48-29-15-30-52-54(48)50-37-43(39-18-6-2-7-19-39)32-33-51(50)61(52)47-26-8-3-9-27-47/h1-37H. The third-order valence-corrected chi connectivity index (χ3v) is 13.2. The van der Waals surface area contributed by atoms with E-state index in [0.29, 0.717) is 5.82 Å². The lowest BCUT2D eigenvalue weighted by Crippen LogP contribution is -1.94. The van der Waals surface area contributed by atoms with E-state index >= 15 is 0 Å². The maximum absolute atomic E-state index is 5.39. The van der Waals surface area contributed by atoms with E-state index in [4.69, 9.17) is 9.97 Å². The summed E-state index contributed by atoms with van der Waals surface area (Å²) >= 11 is 1.76. The van der Waals surface area contributed by atoms with Gasteiger partial charge in [-0.15, -0.1) is 11.3 Å². The summed E-state index contributed by atoms with van der Waals surface area (Å²) in [7, 11) is 0. The molecular weight excluding hydrogens is 771 g/mol. The number of fused-ring (bicyclic) bond motifs is 6. The molecule has 4 heteroatoms. The second kappa shape index (κ2) is 15.0. The maximum Gasteiger partial charge on any atom is 0.160 e. The second-order valence-electron chi connectivity index (χ2n) is 15.7. The van der Waals surface area contributed by atoms with E-state index in [-0.39, 0.29) is 0 Å². The predicted octanol–water partition coefficient (Wildman–Crippen LogP) is 15.9.